The monoisotopic (exact) mass is 261 g/mol. The second kappa shape index (κ2) is 9.29. The molecule has 2 N–H and O–H groups in total. The van der Waals surface area contributed by atoms with Gasteiger partial charge in [-0.05, 0) is 44.0 Å². The summed E-state index contributed by atoms with van der Waals surface area (Å²) in [5, 5.41) is 12.9. The predicted molar refractivity (Wildman–Crippen MR) is 78.3 cm³/mol. The van der Waals surface area contributed by atoms with Gasteiger partial charge in [0.2, 0.25) is 0 Å². The number of aromatic hydroxyl groups is 1. The van der Waals surface area contributed by atoms with Gasteiger partial charge in [0, 0.05) is 13.0 Å². The fourth-order valence-corrected chi connectivity index (χ4v) is 1.83. The second-order valence-corrected chi connectivity index (χ2v) is 4.42. The highest BCUT2D eigenvalue weighted by Crippen LogP contribution is 2.26. The van der Waals surface area contributed by atoms with Crippen LogP contribution < -0.4 is 10.1 Å². The van der Waals surface area contributed by atoms with E-state index in [1.807, 2.05) is 19.1 Å². The molecule has 19 heavy (non-hydrogen) atoms. The Hall–Kier alpha value is -1.66. The summed E-state index contributed by atoms with van der Waals surface area (Å²) in [7, 11) is 1.56. The Balaban J connectivity index is 2.16. The van der Waals surface area contributed by atoms with Crippen molar-refractivity contribution < 1.29 is 9.84 Å². The molecule has 104 valence electrons. The van der Waals surface area contributed by atoms with E-state index in [1.165, 1.54) is 19.3 Å². The molecule has 0 aliphatic heterocycles. The lowest BCUT2D eigenvalue weighted by Crippen LogP contribution is -2.14. The molecule has 0 saturated carbocycles. The van der Waals surface area contributed by atoms with Crippen molar-refractivity contribution >= 4 is 0 Å². The molecule has 0 aliphatic carbocycles. The highest BCUT2D eigenvalue weighted by molar-refractivity contribution is 5.41. The fraction of sp³-hybridized carbons (Fsp3) is 0.500. The van der Waals surface area contributed by atoms with Crippen LogP contribution in [-0.2, 0) is 6.54 Å². The zero-order chi connectivity index (χ0) is 13.9. The molecular formula is C16H23NO2. The standard InChI is InChI=1S/C16H23NO2/c1-3-4-5-6-7-8-11-17-13-14-9-10-15(18)16(12-14)19-2/h9-10,12,17-18H,5-8,11,13H2,1-2H3. The number of unbranched alkanes of at least 4 members (excludes halogenated alkanes) is 3. The first-order valence-corrected chi connectivity index (χ1v) is 6.74. The van der Waals surface area contributed by atoms with Gasteiger partial charge in [-0.15, -0.1) is 11.8 Å². The number of hydrogen-bond donors (Lipinski definition) is 2. The van der Waals surface area contributed by atoms with Gasteiger partial charge < -0.3 is 15.2 Å². The van der Waals surface area contributed by atoms with Crippen molar-refractivity contribution in [3.63, 3.8) is 0 Å². The molecular weight excluding hydrogens is 238 g/mol. The average molecular weight is 261 g/mol. The number of ether oxygens (including phenoxy) is 1. The number of hydrogen-bond acceptors (Lipinski definition) is 3. The maximum absolute atomic E-state index is 9.49. The largest absolute Gasteiger partial charge is 0.504 e. The first-order valence-electron chi connectivity index (χ1n) is 6.74. The van der Waals surface area contributed by atoms with Crippen molar-refractivity contribution in [2.75, 3.05) is 13.7 Å². The maximum Gasteiger partial charge on any atom is 0.160 e. The zero-order valence-corrected chi connectivity index (χ0v) is 11.8. The maximum atomic E-state index is 9.49. The Morgan fingerprint density at radius 1 is 1.26 bits per heavy atom. The van der Waals surface area contributed by atoms with Gasteiger partial charge in [-0.2, -0.15) is 0 Å². The summed E-state index contributed by atoms with van der Waals surface area (Å²) >= 11 is 0. The van der Waals surface area contributed by atoms with Gasteiger partial charge in [-0.3, -0.25) is 0 Å². The lowest BCUT2D eigenvalue weighted by molar-refractivity contribution is 0.372. The first-order chi connectivity index (χ1) is 9.27. The normalized spacial score (nSPS) is 9.79. The Morgan fingerprint density at radius 2 is 2.11 bits per heavy atom. The van der Waals surface area contributed by atoms with E-state index >= 15 is 0 Å². The molecule has 0 saturated heterocycles. The molecule has 0 heterocycles. The van der Waals surface area contributed by atoms with Crippen molar-refractivity contribution in [3.05, 3.63) is 23.8 Å². The number of rotatable bonds is 8. The van der Waals surface area contributed by atoms with Gasteiger partial charge in [0.1, 0.15) is 0 Å². The number of nitrogens with one attached hydrogen (secondary N) is 1. The van der Waals surface area contributed by atoms with Crippen LogP contribution in [0.15, 0.2) is 18.2 Å². The van der Waals surface area contributed by atoms with Gasteiger partial charge in [0.25, 0.3) is 0 Å². The molecule has 0 aromatic heterocycles. The smallest absolute Gasteiger partial charge is 0.160 e. The minimum Gasteiger partial charge on any atom is -0.504 e. The summed E-state index contributed by atoms with van der Waals surface area (Å²) in [6.07, 6.45) is 4.56. The average Bonchev–Trinajstić information content (AvgIpc) is 2.43. The van der Waals surface area contributed by atoms with Gasteiger partial charge in [0.05, 0.1) is 7.11 Å². The molecule has 0 bridgehead atoms. The number of phenols is 1. The molecule has 0 spiro atoms. The molecule has 3 heteroatoms. The SMILES string of the molecule is CC#CCCCCCNCc1ccc(O)c(OC)c1. The van der Waals surface area contributed by atoms with E-state index in [4.69, 9.17) is 4.74 Å². The van der Waals surface area contributed by atoms with E-state index < -0.39 is 0 Å². The van der Waals surface area contributed by atoms with Crippen LogP contribution in [0.4, 0.5) is 0 Å². The molecule has 3 nitrogen and oxygen atoms in total. The van der Waals surface area contributed by atoms with Crippen molar-refractivity contribution in [1.29, 1.82) is 0 Å². The van der Waals surface area contributed by atoms with Crippen molar-refractivity contribution in [2.24, 2.45) is 0 Å². The van der Waals surface area contributed by atoms with E-state index in [0.29, 0.717) is 5.75 Å². The van der Waals surface area contributed by atoms with Crippen molar-refractivity contribution in [3.8, 4) is 23.3 Å². The Bertz CT molecular complexity index is 432. The van der Waals surface area contributed by atoms with Crippen molar-refractivity contribution in [1.82, 2.24) is 5.32 Å². The van der Waals surface area contributed by atoms with Gasteiger partial charge in [-0.1, -0.05) is 12.5 Å². The van der Waals surface area contributed by atoms with Crippen LogP contribution in [0.25, 0.3) is 0 Å². The fourth-order valence-electron chi connectivity index (χ4n) is 1.83. The van der Waals surface area contributed by atoms with Gasteiger partial charge in [0.15, 0.2) is 11.5 Å². The molecule has 0 radical (unpaired) electrons. The zero-order valence-electron chi connectivity index (χ0n) is 11.8. The quantitative estimate of drug-likeness (QED) is 0.558. The highest BCUT2D eigenvalue weighted by Gasteiger charge is 2.01. The molecule has 0 amide bonds. The highest BCUT2D eigenvalue weighted by atomic mass is 16.5. The number of benzene rings is 1. The lowest BCUT2D eigenvalue weighted by Gasteiger charge is -2.08. The minimum atomic E-state index is 0.184. The summed E-state index contributed by atoms with van der Waals surface area (Å²) in [5.41, 5.74) is 1.12. The molecule has 0 atom stereocenters. The van der Waals surface area contributed by atoms with Crippen molar-refractivity contribution in [2.45, 2.75) is 39.2 Å². The lowest BCUT2D eigenvalue weighted by atomic mass is 10.2. The van der Waals surface area contributed by atoms with Gasteiger partial charge in [-0.25, -0.2) is 0 Å². The Labute approximate surface area is 116 Å². The predicted octanol–water partition coefficient (Wildman–Crippen LogP) is 3.07. The van der Waals surface area contributed by atoms with E-state index in [2.05, 4.69) is 17.2 Å². The van der Waals surface area contributed by atoms with Crippen LogP contribution in [0, 0.1) is 11.8 Å². The number of phenolic OH excluding ortho intramolecular Hbond substituents is 1. The third-order valence-electron chi connectivity index (χ3n) is 2.91. The van der Waals surface area contributed by atoms with Crippen LogP contribution in [0.5, 0.6) is 11.5 Å². The molecule has 1 rings (SSSR count). The molecule has 1 aromatic rings. The summed E-state index contributed by atoms with van der Waals surface area (Å²) < 4.78 is 5.08. The minimum absolute atomic E-state index is 0.184. The van der Waals surface area contributed by atoms with E-state index in [1.54, 1.807) is 13.2 Å². The van der Waals surface area contributed by atoms with Crippen LogP contribution >= 0.6 is 0 Å². The molecule has 0 unspecified atom stereocenters. The molecule has 0 fully saturated rings. The third-order valence-corrected chi connectivity index (χ3v) is 2.91. The first kappa shape index (κ1) is 15.4. The molecule has 0 aliphatic rings. The number of methoxy groups -OCH3 is 1. The summed E-state index contributed by atoms with van der Waals surface area (Å²) in [6, 6.07) is 5.43. The van der Waals surface area contributed by atoms with E-state index in [-0.39, 0.29) is 5.75 Å². The van der Waals surface area contributed by atoms with E-state index in [0.717, 1.165) is 25.1 Å². The third kappa shape index (κ3) is 6.17. The van der Waals surface area contributed by atoms with Gasteiger partial charge >= 0.3 is 0 Å². The Kier molecular flexibility index (Phi) is 7.53. The van der Waals surface area contributed by atoms with E-state index in [9.17, 15) is 5.11 Å². The van der Waals surface area contributed by atoms with Crippen LogP contribution in [0.2, 0.25) is 0 Å². The van der Waals surface area contributed by atoms with Crippen LogP contribution in [0.3, 0.4) is 0 Å². The Morgan fingerprint density at radius 3 is 2.84 bits per heavy atom. The van der Waals surface area contributed by atoms with Crippen LogP contribution in [0.1, 0.15) is 38.2 Å². The summed E-state index contributed by atoms with van der Waals surface area (Å²) in [5.74, 6) is 6.69. The summed E-state index contributed by atoms with van der Waals surface area (Å²) in [4.78, 5) is 0. The second-order valence-electron chi connectivity index (χ2n) is 4.42. The van der Waals surface area contributed by atoms with Crippen LogP contribution in [-0.4, -0.2) is 18.8 Å². The summed E-state index contributed by atoms with van der Waals surface area (Å²) in [6.45, 7) is 3.68. The topological polar surface area (TPSA) is 41.5 Å². The molecule has 1 aromatic carbocycles.